The minimum atomic E-state index is 0.0564. The molecule has 1 saturated carbocycles. The van der Waals surface area contributed by atoms with Crippen molar-refractivity contribution in [3.8, 4) is 0 Å². The fraction of sp³-hybridized carbons (Fsp3) is 0.895. The molecule has 1 atom stereocenters. The number of rotatable bonds is 5. The molecule has 5 heteroatoms. The summed E-state index contributed by atoms with van der Waals surface area (Å²) in [6.45, 7) is 9.51. The Morgan fingerprint density at radius 1 is 1.04 bits per heavy atom. The minimum absolute atomic E-state index is 0.0564. The molecular formula is C19H33N3O2. The zero-order chi connectivity index (χ0) is 17.1. The van der Waals surface area contributed by atoms with Crippen LogP contribution in [-0.2, 0) is 9.59 Å². The highest BCUT2D eigenvalue weighted by Crippen LogP contribution is 2.27. The van der Waals surface area contributed by atoms with Crippen molar-refractivity contribution in [1.29, 1.82) is 0 Å². The van der Waals surface area contributed by atoms with Gasteiger partial charge in [-0.2, -0.15) is 0 Å². The average Bonchev–Trinajstić information content (AvgIpc) is 3.22. The molecule has 0 spiro atoms. The summed E-state index contributed by atoms with van der Waals surface area (Å²) in [6, 6.07) is 0.0564. The average molecular weight is 335 g/mol. The van der Waals surface area contributed by atoms with Crippen molar-refractivity contribution < 1.29 is 9.59 Å². The number of likely N-dealkylation sites (tertiary alicyclic amines) is 1. The summed E-state index contributed by atoms with van der Waals surface area (Å²) in [4.78, 5) is 31.6. The Morgan fingerprint density at radius 2 is 1.71 bits per heavy atom. The molecule has 0 aromatic heterocycles. The van der Waals surface area contributed by atoms with Gasteiger partial charge in [0.2, 0.25) is 11.8 Å². The second kappa shape index (κ2) is 7.85. The van der Waals surface area contributed by atoms with E-state index >= 15 is 0 Å². The SMILES string of the molecule is CC(C)CCN1CCC(N2CCN(C(=O)C3CCCC3)CC2)C1=O. The van der Waals surface area contributed by atoms with E-state index in [-0.39, 0.29) is 12.0 Å². The summed E-state index contributed by atoms with van der Waals surface area (Å²) >= 11 is 0. The number of amides is 2. The fourth-order valence-corrected chi connectivity index (χ4v) is 4.38. The van der Waals surface area contributed by atoms with Crippen molar-refractivity contribution in [2.45, 2.75) is 58.4 Å². The van der Waals surface area contributed by atoms with Gasteiger partial charge >= 0.3 is 0 Å². The summed E-state index contributed by atoms with van der Waals surface area (Å²) in [5.41, 5.74) is 0. The van der Waals surface area contributed by atoms with Crippen LogP contribution in [0.5, 0.6) is 0 Å². The number of nitrogens with zero attached hydrogens (tertiary/aromatic N) is 3. The lowest BCUT2D eigenvalue weighted by atomic mass is 10.1. The van der Waals surface area contributed by atoms with E-state index in [0.717, 1.165) is 65.0 Å². The van der Waals surface area contributed by atoms with Crippen molar-refractivity contribution in [3.05, 3.63) is 0 Å². The predicted molar refractivity (Wildman–Crippen MR) is 94.6 cm³/mol. The number of piperazine rings is 1. The molecule has 3 fully saturated rings. The van der Waals surface area contributed by atoms with Gasteiger partial charge in [0, 0.05) is 45.2 Å². The number of carbonyl (C=O) groups is 2. The highest BCUT2D eigenvalue weighted by molar-refractivity contribution is 5.84. The highest BCUT2D eigenvalue weighted by atomic mass is 16.2. The fourth-order valence-electron chi connectivity index (χ4n) is 4.38. The monoisotopic (exact) mass is 335 g/mol. The molecule has 136 valence electrons. The Hall–Kier alpha value is -1.10. The first-order valence-electron chi connectivity index (χ1n) is 9.88. The summed E-state index contributed by atoms with van der Waals surface area (Å²) in [6.07, 6.45) is 6.60. The maximum absolute atomic E-state index is 12.6. The lowest BCUT2D eigenvalue weighted by Crippen LogP contribution is -2.54. The van der Waals surface area contributed by atoms with Gasteiger partial charge in [-0.1, -0.05) is 26.7 Å². The van der Waals surface area contributed by atoms with E-state index in [2.05, 4.69) is 18.7 Å². The van der Waals surface area contributed by atoms with Gasteiger partial charge in [0.25, 0.3) is 0 Å². The largest absolute Gasteiger partial charge is 0.341 e. The molecule has 0 aromatic rings. The van der Waals surface area contributed by atoms with Gasteiger partial charge in [0.15, 0.2) is 0 Å². The van der Waals surface area contributed by atoms with Crippen LogP contribution in [0.2, 0.25) is 0 Å². The highest BCUT2D eigenvalue weighted by Gasteiger charge is 2.38. The maximum Gasteiger partial charge on any atom is 0.239 e. The maximum atomic E-state index is 12.6. The van der Waals surface area contributed by atoms with Gasteiger partial charge in [0.05, 0.1) is 6.04 Å². The van der Waals surface area contributed by atoms with Crippen molar-refractivity contribution in [2.75, 3.05) is 39.3 Å². The number of carbonyl (C=O) groups excluding carboxylic acids is 2. The third-order valence-electron chi connectivity index (χ3n) is 6.02. The first-order valence-corrected chi connectivity index (χ1v) is 9.88. The molecule has 0 aromatic carbocycles. The van der Waals surface area contributed by atoms with Gasteiger partial charge < -0.3 is 9.80 Å². The van der Waals surface area contributed by atoms with Crippen LogP contribution in [0.15, 0.2) is 0 Å². The van der Waals surface area contributed by atoms with Crippen LogP contribution in [-0.4, -0.2) is 71.8 Å². The van der Waals surface area contributed by atoms with Crippen LogP contribution in [0, 0.1) is 11.8 Å². The Bertz CT molecular complexity index is 452. The third kappa shape index (κ3) is 3.93. The molecule has 3 aliphatic rings. The summed E-state index contributed by atoms with van der Waals surface area (Å²) < 4.78 is 0. The first-order chi connectivity index (χ1) is 11.6. The first kappa shape index (κ1) is 17.7. The zero-order valence-electron chi connectivity index (χ0n) is 15.4. The van der Waals surface area contributed by atoms with E-state index in [1.54, 1.807) is 0 Å². The third-order valence-corrected chi connectivity index (χ3v) is 6.02. The van der Waals surface area contributed by atoms with Crippen molar-refractivity contribution >= 4 is 11.8 Å². The van der Waals surface area contributed by atoms with Gasteiger partial charge in [0.1, 0.15) is 0 Å². The zero-order valence-corrected chi connectivity index (χ0v) is 15.4. The minimum Gasteiger partial charge on any atom is -0.341 e. The molecule has 5 nitrogen and oxygen atoms in total. The van der Waals surface area contributed by atoms with Crippen LogP contribution in [0.3, 0.4) is 0 Å². The van der Waals surface area contributed by atoms with Crippen LogP contribution in [0.25, 0.3) is 0 Å². The molecule has 2 aliphatic heterocycles. The van der Waals surface area contributed by atoms with Crippen molar-refractivity contribution in [1.82, 2.24) is 14.7 Å². The van der Waals surface area contributed by atoms with E-state index in [1.165, 1.54) is 12.8 Å². The van der Waals surface area contributed by atoms with Crippen LogP contribution in [0.4, 0.5) is 0 Å². The predicted octanol–water partition coefficient (Wildman–Crippen LogP) is 1.97. The van der Waals surface area contributed by atoms with Gasteiger partial charge in [-0.25, -0.2) is 0 Å². The molecule has 2 amide bonds. The molecule has 1 unspecified atom stereocenters. The van der Waals surface area contributed by atoms with E-state index in [9.17, 15) is 9.59 Å². The molecule has 24 heavy (non-hydrogen) atoms. The topological polar surface area (TPSA) is 43.9 Å². The van der Waals surface area contributed by atoms with E-state index < -0.39 is 0 Å². The molecule has 3 rings (SSSR count). The molecule has 0 radical (unpaired) electrons. The lowest BCUT2D eigenvalue weighted by molar-refractivity contribution is -0.138. The van der Waals surface area contributed by atoms with Gasteiger partial charge in [-0.3, -0.25) is 14.5 Å². The molecule has 2 saturated heterocycles. The standard InChI is InChI=1S/C19H33N3O2/c1-15(2)7-9-21-10-8-17(19(21)24)20-11-13-22(14-12-20)18(23)16-5-3-4-6-16/h15-17H,3-14H2,1-2H3. The normalized spacial score (nSPS) is 26.8. The van der Waals surface area contributed by atoms with Gasteiger partial charge in [-0.15, -0.1) is 0 Å². The Balaban J connectivity index is 1.46. The lowest BCUT2D eigenvalue weighted by Gasteiger charge is -2.38. The molecular weight excluding hydrogens is 302 g/mol. The Kier molecular flexibility index (Phi) is 5.80. The smallest absolute Gasteiger partial charge is 0.239 e. The summed E-state index contributed by atoms with van der Waals surface area (Å²) in [5.74, 6) is 1.59. The Morgan fingerprint density at radius 3 is 2.33 bits per heavy atom. The number of hydrogen-bond donors (Lipinski definition) is 0. The Labute approximate surface area is 146 Å². The van der Waals surface area contributed by atoms with Crippen molar-refractivity contribution in [3.63, 3.8) is 0 Å². The van der Waals surface area contributed by atoms with Gasteiger partial charge in [-0.05, 0) is 31.6 Å². The van der Waals surface area contributed by atoms with Crippen LogP contribution in [0.1, 0.15) is 52.4 Å². The number of hydrogen-bond acceptors (Lipinski definition) is 3. The second-order valence-electron chi connectivity index (χ2n) is 8.15. The molecule has 1 aliphatic carbocycles. The van der Waals surface area contributed by atoms with Crippen LogP contribution >= 0.6 is 0 Å². The van der Waals surface area contributed by atoms with E-state index in [0.29, 0.717) is 17.7 Å². The molecule has 2 heterocycles. The molecule has 0 N–H and O–H groups in total. The molecule has 0 bridgehead atoms. The van der Waals surface area contributed by atoms with E-state index in [4.69, 9.17) is 0 Å². The second-order valence-corrected chi connectivity index (χ2v) is 8.15. The summed E-state index contributed by atoms with van der Waals surface area (Å²) in [5, 5.41) is 0. The summed E-state index contributed by atoms with van der Waals surface area (Å²) in [7, 11) is 0. The van der Waals surface area contributed by atoms with Crippen LogP contribution < -0.4 is 0 Å². The quantitative estimate of drug-likeness (QED) is 0.771. The van der Waals surface area contributed by atoms with E-state index in [1.807, 2.05) is 9.80 Å². The van der Waals surface area contributed by atoms with Crippen molar-refractivity contribution in [2.24, 2.45) is 11.8 Å².